The molecule has 1 saturated carbocycles. The number of nitrogens with one attached hydrogen (secondary N) is 1. The second-order valence-corrected chi connectivity index (χ2v) is 9.69. The van der Waals surface area contributed by atoms with Crippen molar-refractivity contribution in [2.75, 3.05) is 13.2 Å². The van der Waals surface area contributed by atoms with Gasteiger partial charge >= 0.3 is 12.1 Å². The Morgan fingerprint density at radius 3 is 2.26 bits per heavy atom. The number of carboxylic acid groups (broad SMARTS) is 1. The van der Waals surface area contributed by atoms with Crippen molar-refractivity contribution in [1.29, 1.82) is 0 Å². The van der Waals surface area contributed by atoms with E-state index in [9.17, 15) is 19.5 Å². The summed E-state index contributed by atoms with van der Waals surface area (Å²) in [6.45, 7) is 2.68. The first-order chi connectivity index (χ1) is 16.4. The number of rotatable bonds is 5. The van der Waals surface area contributed by atoms with E-state index in [1.807, 2.05) is 31.2 Å². The number of piperidine rings is 1. The summed E-state index contributed by atoms with van der Waals surface area (Å²) in [5.74, 6) is -1.50. The monoisotopic (exact) mass is 462 g/mol. The highest BCUT2D eigenvalue weighted by Gasteiger charge is 2.42. The molecular weight excluding hydrogens is 432 g/mol. The van der Waals surface area contributed by atoms with Crippen LogP contribution in [0.25, 0.3) is 11.1 Å². The summed E-state index contributed by atoms with van der Waals surface area (Å²) < 4.78 is 5.60. The zero-order chi connectivity index (χ0) is 23.8. The van der Waals surface area contributed by atoms with Gasteiger partial charge < -0.3 is 20.1 Å². The number of carbonyl (C=O) groups is 3. The van der Waals surface area contributed by atoms with Gasteiger partial charge in [-0.25, -0.2) is 4.79 Å². The van der Waals surface area contributed by atoms with Gasteiger partial charge in [0.05, 0.1) is 5.92 Å². The summed E-state index contributed by atoms with van der Waals surface area (Å²) in [6, 6.07) is 16.0. The van der Waals surface area contributed by atoms with Crippen LogP contribution < -0.4 is 5.32 Å². The number of nitrogens with zero attached hydrogens (tertiary/aromatic N) is 1. The van der Waals surface area contributed by atoms with Crippen LogP contribution in [0, 0.1) is 11.8 Å². The van der Waals surface area contributed by atoms with Crippen molar-refractivity contribution in [3.63, 3.8) is 0 Å². The Morgan fingerprint density at radius 1 is 1.03 bits per heavy atom. The number of fused-ring (bicyclic) bond motifs is 3. The van der Waals surface area contributed by atoms with Crippen molar-refractivity contribution in [3.8, 4) is 11.1 Å². The lowest BCUT2D eigenvalue weighted by Gasteiger charge is -2.43. The van der Waals surface area contributed by atoms with Crippen LogP contribution in [0.5, 0.6) is 0 Å². The minimum atomic E-state index is -0.839. The highest BCUT2D eigenvalue weighted by molar-refractivity contribution is 5.82. The molecule has 2 fully saturated rings. The summed E-state index contributed by atoms with van der Waals surface area (Å²) in [6.07, 6.45) is 1.97. The van der Waals surface area contributed by atoms with Gasteiger partial charge in [-0.3, -0.25) is 9.59 Å². The first kappa shape index (κ1) is 22.4. The third kappa shape index (κ3) is 4.04. The molecule has 7 heteroatoms. The van der Waals surface area contributed by atoms with E-state index in [0.717, 1.165) is 0 Å². The molecule has 1 heterocycles. The Morgan fingerprint density at radius 2 is 1.65 bits per heavy atom. The van der Waals surface area contributed by atoms with E-state index < -0.39 is 18.0 Å². The quantitative estimate of drug-likeness (QED) is 0.700. The molecule has 1 aliphatic heterocycles. The second-order valence-electron chi connectivity index (χ2n) is 9.69. The summed E-state index contributed by atoms with van der Waals surface area (Å²) in [5, 5.41) is 12.3. The zero-order valence-corrected chi connectivity index (χ0v) is 19.3. The Kier molecular flexibility index (Phi) is 6.02. The largest absolute Gasteiger partial charge is 0.481 e. The zero-order valence-electron chi connectivity index (χ0n) is 19.3. The molecule has 2 aromatic rings. The lowest BCUT2D eigenvalue weighted by molar-refractivity contribution is -0.152. The molecule has 0 radical (unpaired) electrons. The first-order valence-electron chi connectivity index (χ1n) is 12.1. The number of likely N-dealkylation sites (tertiary alicyclic amines) is 1. The van der Waals surface area contributed by atoms with Crippen LogP contribution in [-0.4, -0.2) is 53.2 Å². The van der Waals surface area contributed by atoms with Gasteiger partial charge in [0.2, 0.25) is 5.91 Å². The van der Waals surface area contributed by atoms with Crippen molar-refractivity contribution < 1.29 is 24.2 Å². The molecule has 0 spiro atoms. The molecule has 2 amide bonds. The van der Waals surface area contributed by atoms with E-state index in [-0.39, 0.29) is 36.4 Å². The molecule has 34 heavy (non-hydrogen) atoms. The Labute approximate surface area is 199 Å². The summed E-state index contributed by atoms with van der Waals surface area (Å²) in [5.41, 5.74) is 4.70. The molecule has 178 valence electrons. The fourth-order valence-electron chi connectivity index (χ4n) is 5.76. The number of carbonyl (C=O) groups excluding carboxylic acids is 2. The van der Waals surface area contributed by atoms with E-state index in [1.54, 1.807) is 4.90 Å². The summed E-state index contributed by atoms with van der Waals surface area (Å²) in [7, 11) is 0. The maximum atomic E-state index is 12.9. The van der Waals surface area contributed by atoms with Crippen LogP contribution in [-0.2, 0) is 14.3 Å². The lowest BCUT2D eigenvalue weighted by atomic mass is 9.78. The summed E-state index contributed by atoms with van der Waals surface area (Å²) >= 11 is 0. The van der Waals surface area contributed by atoms with Crippen molar-refractivity contribution in [1.82, 2.24) is 10.2 Å². The molecule has 5 rings (SSSR count). The average Bonchev–Trinajstić information content (AvgIpc) is 3.13. The van der Waals surface area contributed by atoms with E-state index in [2.05, 4.69) is 29.6 Å². The molecule has 2 atom stereocenters. The maximum Gasteiger partial charge on any atom is 0.407 e. The molecule has 0 unspecified atom stereocenters. The third-order valence-corrected chi connectivity index (χ3v) is 7.74. The van der Waals surface area contributed by atoms with Crippen LogP contribution in [0.1, 0.15) is 49.7 Å². The fourth-order valence-corrected chi connectivity index (χ4v) is 5.76. The predicted molar refractivity (Wildman–Crippen MR) is 126 cm³/mol. The van der Waals surface area contributed by atoms with Crippen molar-refractivity contribution in [2.45, 2.75) is 50.6 Å². The van der Waals surface area contributed by atoms with E-state index in [1.165, 1.54) is 22.3 Å². The average molecular weight is 463 g/mol. The van der Waals surface area contributed by atoms with Crippen LogP contribution in [0.4, 0.5) is 4.79 Å². The smallest absolute Gasteiger partial charge is 0.407 e. The molecule has 3 aliphatic rings. The van der Waals surface area contributed by atoms with Gasteiger partial charge in [-0.2, -0.15) is 0 Å². The highest BCUT2D eigenvalue weighted by atomic mass is 16.5. The van der Waals surface area contributed by atoms with Gasteiger partial charge in [-0.05, 0) is 54.9 Å². The van der Waals surface area contributed by atoms with Crippen molar-refractivity contribution in [3.05, 3.63) is 59.7 Å². The topological polar surface area (TPSA) is 95.9 Å². The van der Waals surface area contributed by atoms with Crippen LogP contribution >= 0.6 is 0 Å². The maximum absolute atomic E-state index is 12.9. The van der Waals surface area contributed by atoms with Gasteiger partial charge in [0.1, 0.15) is 6.61 Å². The molecular formula is C27H30N2O5. The van der Waals surface area contributed by atoms with E-state index in [4.69, 9.17) is 4.74 Å². The van der Waals surface area contributed by atoms with Gasteiger partial charge in [-0.15, -0.1) is 0 Å². The number of amides is 2. The number of benzene rings is 2. The minimum absolute atomic E-state index is 0.00374. The molecule has 1 saturated heterocycles. The number of hydrogen-bond acceptors (Lipinski definition) is 4. The first-order valence-corrected chi connectivity index (χ1v) is 12.1. The standard InChI is InChI=1S/C27H30N2O5/c1-16-19(26(31)32)11-6-12-29(16)25(30)17-13-18(14-17)28-27(33)34-15-24-22-9-4-2-7-20(22)21-8-3-5-10-23(21)24/h2-5,7-10,16-19,24H,6,11-15H2,1H3,(H,28,33)(H,31,32)/t16-,17?,18?,19-/m0/s1. The molecule has 2 N–H and O–H groups in total. The van der Waals surface area contributed by atoms with Gasteiger partial charge in [-0.1, -0.05) is 48.5 Å². The van der Waals surface area contributed by atoms with Gasteiger partial charge in [0, 0.05) is 30.5 Å². The number of hydrogen-bond donors (Lipinski definition) is 2. The SMILES string of the molecule is C[C@H]1[C@@H](C(=O)O)CCCN1C(=O)C1CC(NC(=O)OCC2c3ccccc3-c3ccccc32)C1. The lowest BCUT2D eigenvalue weighted by Crippen LogP contribution is -2.55. The van der Waals surface area contributed by atoms with Gasteiger partial charge in [0.25, 0.3) is 0 Å². The van der Waals surface area contributed by atoms with E-state index >= 15 is 0 Å². The minimum Gasteiger partial charge on any atom is -0.481 e. The van der Waals surface area contributed by atoms with Crippen molar-refractivity contribution >= 4 is 18.0 Å². The number of ether oxygens (including phenoxy) is 1. The number of aliphatic carboxylic acids is 1. The molecule has 2 aliphatic carbocycles. The fraction of sp³-hybridized carbons (Fsp3) is 0.444. The Balaban J connectivity index is 1.12. The second kappa shape index (κ2) is 9.12. The third-order valence-electron chi connectivity index (χ3n) is 7.74. The van der Waals surface area contributed by atoms with Crippen LogP contribution in [0.2, 0.25) is 0 Å². The normalized spacial score (nSPS) is 25.6. The molecule has 0 aromatic heterocycles. The predicted octanol–water partition coefficient (Wildman–Crippen LogP) is 4.02. The number of carboxylic acids is 1. The van der Waals surface area contributed by atoms with Gasteiger partial charge in [0.15, 0.2) is 0 Å². The van der Waals surface area contributed by atoms with Crippen LogP contribution in [0.15, 0.2) is 48.5 Å². The Hall–Kier alpha value is -3.35. The molecule has 0 bridgehead atoms. The molecule has 7 nitrogen and oxygen atoms in total. The Bertz CT molecular complexity index is 1060. The molecule has 2 aromatic carbocycles. The number of alkyl carbamates (subject to hydrolysis) is 1. The van der Waals surface area contributed by atoms with Crippen LogP contribution in [0.3, 0.4) is 0 Å². The van der Waals surface area contributed by atoms with Crippen molar-refractivity contribution in [2.24, 2.45) is 11.8 Å². The summed E-state index contributed by atoms with van der Waals surface area (Å²) in [4.78, 5) is 38.6. The van der Waals surface area contributed by atoms with E-state index in [0.29, 0.717) is 32.2 Å². The highest BCUT2D eigenvalue weighted by Crippen LogP contribution is 2.44.